The molecule has 0 amide bonds. The highest BCUT2D eigenvalue weighted by Gasteiger charge is 2.19. The fourth-order valence-corrected chi connectivity index (χ4v) is 2.60. The number of hydrogen-bond donors (Lipinski definition) is 1. The fraction of sp³-hybridized carbons (Fsp3) is 1.00. The lowest BCUT2D eigenvalue weighted by Gasteiger charge is -2.37. The smallest absolute Gasteiger partial charge is 0.0459 e. The zero-order chi connectivity index (χ0) is 12.7. The van der Waals surface area contributed by atoms with E-state index in [1.165, 1.54) is 39.0 Å². The maximum atomic E-state index is 9.27. The molecule has 0 aliphatic carbocycles. The quantitative estimate of drug-likeness (QED) is 0.737. The van der Waals surface area contributed by atoms with Gasteiger partial charge in [0.05, 0.1) is 0 Å². The van der Waals surface area contributed by atoms with Gasteiger partial charge in [-0.3, -0.25) is 4.90 Å². The number of rotatable bonds is 7. The summed E-state index contributed by atoms with van der Waals surface area (Å²) >= 11 is 0. The van der Waals surface area contributed by atoms with Crippen LogP contribution in [0.4, 0.5) is 0 Å². The summed E-state index contributed by atoms with van der Waals surface area (Å²) in [6.45, 7) is 13.1. The first kappa shape index (κ1) is 14.9. The molecule has 0 aromatic heterocycles. The third-order valence-electron chi connectivity index (χ3n) is 3.95. The molecule has 102 valence electrons. The van der Waals surface area contributed by atoms with Gasteiger partial charge in [0.25, 0.3) is 0 Å². The van der Waals surface area contributed by atoms with E-state index in [2.05, 4.69) is 30.6 Å². The van der Waals surface area contributed by atoms with Crippen molar-refractivity contribution in [2.75, 3.05) is 39.3 Å². The average molecular weight is 242 g/mol. The Morgan fingerprint density at radius 3 is 2.18 bits per heavy atom. The molecule has 0 saturated carbocycles. The average Bonchev–Trinajstić information content (AvgIpc) is 2.35. The Hall–Kier alpha value is -0.120. The highest BCUT2D eigenvalue weighted by molar-refractivity contribution is 4.74. The molecular weight excluding hydrogens is 212 g/mol. The van der Waals surface area contributed by atoms with Crippen molar-refractivity contribution < 1.29 is 5.11 Å². The molecule has 1 aliphatic heterocycles. The van der Waals surface area contributed by atoms with Gasteiger partial charge in [-0.25, -0.2) is 0 Å². The van der Waals surface area contributed by atoms with Crippen molar-refractivity contribution in [2.24, 2.45) is 5.92 Å². The summed E-state index contributed by atoms with van der Waals surface area (Å²) in [5.74, 6) is 0.517. The lowest BCUT2D eigenvalue weighted by atomic mass is 10.0. The predicted molar refractivity (Wildman–Crippen MR) is 73.2 cm³/mol. The molecule has 1 atom stereocenters. The van der Waals surface area contributed by atoms with Crippen molar-refractivity contribution in [3.63, 3.8) is 0 Å². The number of nitrogens with zero attached hydrogens (tertiary/aromatic N) is 2. The topological polar surface area (TPSA) is 26.7 Å². The second kappa shape index (κ2) is 8.06. The first-order valence-electron chi connectivity index (χ1n) is 7.24. The zero-order valence-electron chi connectivity index (χ0n) is 11.9. The van der Waals surface area contributed by atoms with E-state index in [1.807, 2.05) is 0 Å². The minimum atomic E-state index is 0.361. The van der Waals surface area contributed by atoms with Gasteiger partial charge in [-0.05, 0) is 39.2 Å². The molecule has 0 bridgehead atoms. The van der Waals surface area contributed by atoms with Gasteiger partial charge in [-0.15, -0.1) is 0 Å². The zero-order valence-corrected chi connectivity index (χ0v) is 11.9. The molecule has 1 rings (SSSR count). The molecule has 1 heterocycles. The Labute approximate surface area is 107 Å². The van der Waals surface area contributed by atoms with E-state index in [4.69, 9.17) is 0 Å². The van der Waals surface area contributed by atoms with E-state index in [0.29, 0.717) is 18.6 Å². The van der Waals surface area contributed by atoms with Crippen LogP contribution in [0.15, 0.2) is 0 Å². The molecule has 0 spiro atoms. The molecule has 0 unspecified atom stereocenters. The van der Waals surface area contributed by atoms with Crippen LogP contribution in [-0.2, 0) is 0 Å². The van der Waals surface area contributed by atoms with Crippen molar-refractivity contribution in [3.05, 3.63) is 0 Å². The Morgan fingerprint density at radius 2 is 1.71 bits per heavy atom. The second-order valence-electron chi connectivity index (χ2n) is 5.60. The predicted octanol–water partition coefficient (Wildman–Crippen LogP) is 1.81. The highest BCUT2D eigenvalue weighted by Crippen LogP contribution is 2.13. The SMILES string of the molecule is CCC[C@@H](CO)CCN1CCN(C(C)C)CC1. The monoisotopic (exact) mass is 242 g/mol. The van der Waals surface area contributed by atoms with Crippen LogP contribution < -0.4 is 0 Å². The molecule has 0 radical (unpaired) electrons. The third kappa shape index (κ3) is 5.36. The minimum Gasteiger partial charge on any atom is -0.396 e. The van der Waals surface area contributed by atoms with Crippen molar-refractivity contribution in [3.8, 4) is 0 Å². The summed E-state index contributed by atoms with van der Waals surface area (Å²) in [6.07, 6.45) is 3.51. The number of hydrogen-bond acceptors (Lipinski definition) is 3. The molecule has 1 N–H and O–H groups in total. The van der Waals surface area contributed by atoms with Crippen LogP contribution in [0, 0.1) is 5.92 Å². The maximum absolute atomic E-state index is 9.27. The van der Waals surface area contributed by atoms with Crippen LogP contribution in [0.25, 0.3) is 0 Å². The van der Waals surface area contributed by atoms with Gasteiger partial charge in [-0.2, -0.15) is 0 Å². The lowest BCUT2D eigenvalue weighted by Crippen LogP contribution is -2.49. The standard InChI is InChI=1S/C14H30N2O/c1-4-5-14(12-17)6-7-15-8-10-16(11-9-15)13(2)3/h13-14,17H,4-12H2,1-3H3/t14-/m1/s1. The third-order valence-corrected chi connectivity index (χ3v) is 3.95. The van der Waals surface area contributed by atoms with Gasteiger partial charge in [0.15, 0.2) is 0 Å². The molecule has 1 aliphatic rings. The van der Waals surface area contributed by atoms with Crippen LogP contribution in [0.1, 0.15) is 40.0 Å². The van der Waals surface area contributed by atoms with Crippen molar-refractivity contribution >= 4 is 0 Å². The normalized spacial score (nSPS) is 21.0. The Morgan fingerprint density at radius 1 is 1.06 bits per heavy atom. The largest absolute Gasteiger partial charge is 0.396 e. The van der Waals surface area contributed by atoms with Crippen LogP contribution in [0.3, 0.4) is 0 Å². The van der Waals surface area contributed by atoms with Gasteiger partial charge in [0.1, 0.15) is 0 Å². The highest BCUT2D eigenvalue weighted by atomic mass is 16.3. The first-order chi connectivity index (χ1) is 8.17. The van der Waals surface area contributed by atoms with E-state index in [-0.39, 0.29) is 0 Å². The molecule has 1 fully saturated rings. The Balaban J connectivity index is 2.17. The lowest BCUT2D eigenvalue weighted by molar-refractivity contribution is 0.0986. The van der Waals surface area contributed by atoms with Gasteiger partial charge in [-0.1, -0.05) is 13.3 Å². The van der Waals surface area contributed by atoms with Gasteiger partial charge < -0.3 is 10.0 Å². The number of aliphatic hydroxyl groups excluding tert-OH is 1. The summed E-state index contributed by atoms with van der Waals surface area (Å²) in [5.41, 5.74) is 0. The van der Waals surface area contributed by atoms with Crippen molar-refractivity contribution in [1.82, 2.24) is 9.80 Å². The summed E-state index contributed by atoms with van der Waals surface area (Å²) in [5, 5.41) is 9.27. The van der Waals surface area contributed by atoms with Gasteiger partial charge >= 0.3 is 0 Å². The van der Waals surface area contributed by atoms with Crippen LogP contribution in [0.5, 0.6) is 0 Å². The van der Waals surface area contributed by atoms with E-state index in [1.54, 1.807) is 0 Å². The second-order valence-corrected chi connectivity index (χ2v) is 5.60. The Kier molecular flexibility index (Phi) is 7.09. The van der Waals surface area contributed by atoms with Crippen molar-refractivity contribution in [1.29, 1.82) is 0 Å². The summed E-state index contributed by atoms with van der Waals surface area (Å²) in [6, 6.07) is 0.683. The van der Waals surface area contributed by atoms with E-state index >= 15 is 0 Å². The van der Waals surface area contributed by atoms with Gasteiger partial charge in [0.2, 0.25) is 0 Å². The Bertz CT molecular complexity index is 189. The van der Waals surface area contributed by atoms with E-state index < -0.39 is 0 Å². The van der Waals surface area contributed by atoms with Gasteiger partial charge in [0, 0.05) is 38.8 Å². The summed E-state index contributed by atoms with van der Waals surface area (Å²) in [4.78, 5) is 5.10. The number of aliphatic hydroxyl groups is 1. The van der Waals surface area contributed by atoms with Crippen LogP contribution in [-0.4, -0.2) is 60.3 Å². The number of piperazine rings is 1. The van der Waals surface area contributed by atoms with Crippen LogP contribution >= 0.6 is 0 Å². The molecule has 1 saturated heterocycles. The van der Waals surface area contributed by atoms with Crippen LogP contribution in [0.2, 0.25) is 0 Å². The fourth-order valence-electron chi connectivity index (χ4n) is 2.60. The molecule has 0 aromatic rings. The molecule has 17 heavy (non-hydrogen) atoms. The van der Waals surface area contributed by atoms with E-state index in [9.17, 15) is 5.11 Å². The van der Waals surface area contributed by atoms with E-state index in [0.717, 1.165) is 13.0 Å². The summed E-state index contributed by atoms with van der Waals surface area (Å²) in [7, 11) is 0. The first-order valence-corrected chi connectivity index (χ1v) is 7.24. The molecule has 3 heteroatoms. The molecule has 0 aromatic carbocycles. The minimum absolute atomic E-state index is 0.361. The van der Waals surface area contributed by atoms with Crippen molar-refractivity contribution in [2.45, 2.75) is 46.1 Å². The summed E-state index contributed by atoms with van der Waals surface area (Å²) < 4.78 is 0. The molecule has 3 nitrogen and oxygen atoms in total. The molecular formula is C14H30N2O. The maximum Gasteiger partial charge on any atom is 0.0459 e.